The Morgan fingerprint density at radius 3 is 2.53 bits per heavy atom. The highest BCUT2D eigenvalue weighted by Gasteiger charge is 2.19. The summed E-state index contributed by atoms with van der Waals surface area (Å²) in [5, 5.41) is 2.70. The van der Waals surface area contributed by atoms with Crippen molar-refractivity contribution in [3.63, 3.8) is 0 Å². The van der Waals surface area contributed by atoms with Gasteiger partial charge in [-0.25, -0.2) is 0 Å². The van der Waals surface area contributed by atoms with Crippen LogP contribution >= 0.6 is 11.6 Å². The summed E-state index contributed by atoms with van der Waals surface area (Å²) in [4.78, 5) is 12.0. The van der Waals surface area contributed by atoms with Crippen LogP contribution in [0.3, 0.4) is 0 Å². The number of carbonyl (C=O) groups is 1. The fraction of sp³-hybridized carbons (Fsp3) is 0.462. The molecule has 0 aliphatic rings. The van der Waals surface area contributed by atoms with Crippen LogP contribution < -0.4 is 10.1 Å². The van der Waals surface area contributed by atoms with Crippen LogP contribution in [0.2, 0.25) is 0 Å². The maximum Gasteiger partial charge on any atom is 0.387 e. The number of hydrogen-bond donors (Lipinski definition) is 1. The lowest BCUT2D eigenvalue weighted by atomic mass is 10.1. The predicted molar refractivity (Wildman–Crippen MR) is 69.9 cm³/mol. The average molecular weight is 292 g/mol. The van der Waals surface area contributed by atoms with E-state index in [1.807, 2.05) is 13.8 Å². The van der Waals surface area contributed by atoms with Gasteiger partial charge in [-0.05, 0) is 18.1 Å². The number of hydrogen-bond acceptors (Lipinski definition) is 2. The molecule has 1 atom stereocenters. The van der Waals surface area contributed by atoms with Crippen molar-refractivity contribution in [1.82, 2.24) is 5.32 Å². The zero-order chi connectivity index (χ0) is 14.4. The van der Waals surface area contributed by atoms with Crippen LogP contribution in [-0.4, -0.2) is 24.4 Å². The fourth-order valence-electron chi connectivity index (χ4n) is 1.48. The minimum atomic E-state index is -2.97. The van der Waals surface area contributed by atoms with Crippen LogP contribution in [0.1, 0.15) is 24.2 Å². The van der Waals surface area contributed by atoms with Gasteiger partial charge in [0.25, 0.3) is 5.91 Å². The van der Waals surface area contributed by atoms with Gasteiger partial charge in [-0.15, -0.1) is 11.6 Å². The van der Waals surface area contributed by atoms with Crippen molar-refractivity contribution in [1.29, 1.82) is 0 Å². The molecule has 0 saturated carbocycles. The second-order valence-corrected chi connectivity index (χ2v) is 4.66. The predicted octanol–water partition coefficient (Wildman–Crippen LogP) is 3.28. The highest BCUT2D eigenvalue weighted by atomic mass is 35.5. The maximum absolute atomic E-state index is 12.2. The van der Waals surface area contributed by atoms with Gasteiger partial charge < -0.3 is 10.1 Å². The van der Waals surface area contributed by atoms with Crippen LogP contribution in [-0.2, 0) is 0 Å². The van der Waals surface area contributed by atoms with E-state index in [4.69, 9.17) is 11.6 Å². The van der Waals surface area contributed by atoms with Crippen LogP contribution in [0, 0.1) is 5.92 Å². The number of halogens is 3. The third-order valence-corrected chi connectivity index (χ3v) is 2.97. The summed E-state index contributed by atoms with van der Waals surface area (Å²) in [6.07, 6.45) is 0. The van der Waals surface area contributed by atoms with Crippen LogP contribution in [0.5, 0.6) is 5.75 Å². The molecule has 106 valence electrons. The van der Waals surface area contributed by atoms with Gasteiger partial charge in [0.05, 0.1) is 5.56 Å². The molecule has 0 aromatic heterocycles. The van der Waals surface area contributed by atoms with Crippen molar-refractivity contribution in [2.24, 2.45) is 5.92 Å². The minimum absolute atomic E-state index is 0.0681. The average Bonchev–Trinajstić information content (AvgIpc) is 2.35. The quantitative estimate of drug-likeness (QED) is 0.817. The summed E-state index contributed by atoms with van der Waals surface area (Å²) in [5.74, 6) is -0.228. The van der Waals surface area contributed by atoms with Gasteiger partial charge in [-0.2, -0.15) is 8.78 Å². The molecule has 1 rings (SSSR count). The van der Waals surface area contributed by atoms with E-state index in [0.717, 1.165) is 0 Å². The smallest absolute Gasteiger partial charge is 0.387 e. The monoisotopic (exact) mass is 291 g/mol. The molecule has 1 N–H and O–H groups in total. The first kappa shape index (κ1) is 15.7. The van der Waals surface area contributed by atoms with E-state index < -0.39 is 12.5 Å². The molecular formula is C13H16ClF2NO2. The van der Waals surface area contributed by atoms with E-state index in [9.17, 15) is 13.6 Å². The largest absolute Gasteiger partial charge is 0.434 e. The molecule has 0 aliphatic heterocycles. The Kier molecular flexibility index (Phi) is 6.02. The maximum atomic E-state index is 12.2. The van der Waals surface area contributed by atoms with Gasteiger partial charge in [0.2, 0.25) is 0 Å². The molecule has 0 aliphatic carbocycles. The molecule has 0 heterocycles. The lowest BCUT2D eigenvalue weighted by Gasteiger charge is -2.20. The molecule has 1 unspecified atom stereocenters. The second kappa shape index (κ2) is 7.28. The third-order valence-electron chi connectivity index (χ3n) is 2.64. The Bertz CT molecular complexity index is 427. The van der Waals surface area contributed by atoms with Gasteiger partial charge in [0.1, 0.15) is 5.75 Å². The molecule has 0 fully saturated rings. The Morgan fingerprint density at radius 2 is 2.00 bits per heavy atom. The summed E-state index contributed by atoms with van der Waals surface area (Å²) < 4.78 is 28.8. The van der Waals surface area contributed by atoms with E-state index in [0.29, 0.717) is 0 Å². The molecule has 19 heavy (non-hydrogen) atoms. The van der Waals surface area contributed by atoms with Crippen molar-refractivity contribution >= 4 is 17.5 Å². The normalized spacial score (nSPS) is 12.6. The van der Waals surface area contributed by atoms with E-state index in [1.165, 1.54) is 18.2 Å². The number of para-hydroxylation sites is 1. The van der Waals surface area contributed by atoms with E-state index in [2.05, 4.69) is 10.1 Å². The van der Waals surface area contributed by atoms with Gasteiger partial charge in [0, 0.05) is 11.9 Å². The van der Waals surface area contributed by atoms with Gasteiger partial charge in [0.15, 0.2) is 0 Å². The van der Waals surface area contributed by atoms with E-state index in [-0.39, 0.29) is 29.2 Å². The van der Waals surface area contributed by atoms with Gasteiger partial charge >= 0.3 is 6.61 Å². The summed E-state index contributed by atoms with van der Waals surface area (Å²) in [6.45, 7) is 0.854. The summed E-state index contributed by atoms with van der Waals surface area (Å²) >= 11 is 5.75. The first-order valence-electron chi connectivity index (χ1n) is 5.86. The first-order chi connectivity index (χ1) is 8.95. The lowest BCUT2D eigenvalue weighted by molar-refractivity contribution is -0.0501. The zero-order valence-corrected chi connectivity index (χ0v) is 11.5. The standard InChI is InChI=1S/C13H16ClF2NO2/c1-8(2)10(7-14)17-12(18)9-5-3-4-6-11(9)19-13(15)16/h3-6,8,10,13H,7H2,1-2H3,(H,17,18). The number of benzene rings is 1. The third kappa shape index (κ3) is 4.67. The topological polar surface area (TPSA) is 38.3 Å². The van der Waals surface area contributed by atoms with Crippen LogP contribution in [0.15, 0.2) is 24.3 Å². The summed E-state index contributed by atoms with van der Waals surface area (Å²) in [6, 6.07) is 5.63. The molecule has 0 spiro atoms. The van der Waals surface area contributed by atoms with E-state index in [1.54, 1.807) is 6.07 Å². The van der Waals surface area contributed by atoms with Crippen molar-refractivity contribution in [3.05, 3.63) is 29.8 Å². The Balaban J connectivity index is 2.87. The molecule has 6 heteroatoms. The first-order valence-corrected chi connectivity index (χ1v) is 6.39. The van der Waals surface area contributed by atoms with Crippen molar-refractivity contribution < 1.29 is 18.3 Å². The molecule has 3 nitrogen and oxygen atoms in total. The minimum Gasteiger partial charge on any atom is -0.434 e. The lowest BCUT2D eigenvalue weighted by Crippen LogP contribution is -2.40. The van der Waals surface area contributed by atoms with Gasteiger partial charge in [-0.1, -0.05) is 26.0 Å². The number of ether oxygens (including phenoxy) is 1. The zero-order valence-electron chi connectivity index (χ0n) is 10.7. The molecule has 1 amide bonds. The molecule has 0 radical (unpaired) electrons. The van der Waals surface area contributed by atoms with Crippen LogP contribution in [0.4, 0.5) is 8.78 Å². The van der Waals surface area contributed by atoms with Crippen molar-refractivity contribution in [2.75, 3.05) is 5.88 Å². The second-order valence-electron chi connectivity index (χ2n) is 4.35. The van der Waals surface area contributed by atoms with Gasteiger partial charge in [-0.3, -0.25) is 4.79 Å². The highest BCUT2D eigenvalue weighted by molar-refractivity contribution is 6.18. The SMILES string of the molecule is CC(C)C(CCl)NC(=O)c1ccccc1OC(F)F. The number of nitrogens with one attached hydrogen (secondary N) is 1. The number of rotatable bonds is 6. The highest BCUT2D eigenvalue weighted by Crippen LogP contribution is 2.20. The number of carbonyl (C=O) groups excluding carboxylic acids is 1. The molecule has 1 aromatic rings. The number of amides is 1. The van der Waals surface area contributed by atoms with Crippen molar-refractivity contribution in [2.45, 2.75) is 26.5 Å². The Morgan fingerprint density at radius 1 is 1.37 bits per heavy atom. The molecular weight excluding hydrogens is 276 g/mol. The molecule has 1 aromatic carbocycles. The Hall–Kier alpha value is -1.36. The fourth-order valence-corrected chi connectivity index (χ4v) is 1.92. The summed E-state index contributed by atoms with van der Waals surface area (Å²) in [7, 11) is 0. The van der Waals surface area contributed by atoms with Crippen LogP contribution in [0.25, 0.3) is 0 Å². The number of alkyl halides is 3. The molecule has 0 bridgehead atoms. The van der Waals surface area contributed by atoms with E-state index >= 15 is 0 Å². The Labute approximate surface area is 115 Å². The summed E-state index contributed by atoms with van der Waals surface area (Å²) in [5.41, 5.74) is 0.0681. The van der Waals surface area contributed by atoms with Crippen molar-refractivity contribution in [3.8, 4) is 5.75 Å². The molecule has 0 saturated heterocycles.